The van der Waals surface area contributed by atoms with E-state index in [-0.39, 0.29) is 23.9 Å². The lowest BCUT2D eigenvalue weighted by Crippen LogP contribution is -2.50. The predicted molar refractivity (Wildman–Crippen MR) is 418 cm³/mol. The second kappa shape index (κ2) is 74.4. The normalized spacial score (nSPS) is 13.1. The van der Waals surface area contributed by atoms with E-state index in [0.717, 1.165) is 206 Å². The molecule has 0 aromatic carbocycles. The number of carbonyl (C=O) groups is 4. The second-order valence-electron chi connectivity index (χ2n) is 30.6. The summed E-state index contributed by atoms with van der Waals surface area (Å²) >= 11 is 0. The van der Waals surface area contributed by atoms with Gasteiger partial charge in [0.25, 0.3) is 0 Å². The number of esters is 4. The molecule has 1 aliphatic rings. The standard InChI is InChI=1S/C86H168N4O8/c1-7-13-19-21-23-25-27-35-51-77-95-83(91)63-45-37-49-67-87(65-47-33-29-31-43-61-85(93)97-79-53-59-81(55-39-15-9-3)56-40-16-10-4)69-71-89-73-75-90(76-74-89)72-70-88(68-50-38-46-64-84(92)96-78-52-36-28-26-24-22-20-14-8-2)66-48-34-30-32-44-62-86(94)98-80-54-60-82(57-41-17-11-5)58-42-18-12-6/h81-82H,7-80H2,1-6H3. The van der Waals surface area contributed by atoms with Crippen LogP contribution in [0.3, 0.4) is 0 Å². The summed E-state index contributed by atoms with van der Waals surface area (Å²) in [7, 11) is 0. The van der Waals surface area contributed by atoms with Gasteiger partial charge in [0.05, 0.1) is 26.4 Å². The molecule has 0 spiro atoms. The quantitative estimate of drug-likeness (QED) is 0.0328. The Kier molecular flexibility index (Phi) is 71.2. The van der Waals surface area contributed by atoms with E-state index >= 15 is 0 Å². The van der Waals surface area contributed by atoms with Gasteiger partial charge >= 0.3 is 23.9 Å². The third-order valence-corrected chi connectivity index (χ3v) is 21.3. The Labute approximate surface area is 609 Å². The lowest BCUT2D eigenvalue weighted by Gasteiger charge is -2.37. The highest BCUT2D eigenvalue weighted by atomic mass is 16.5. The van der Waals surface area contributed by atoms with Gasteiger partial charge in [0.1, 0.15) is 0 Å². The van der Waals surface area contributed by atoms with Crippen LogP contribution in [0.25, 0.3) is 0 Å². The summed E-state index contributed by atoms with van der Waals surface area (Å²) in [5, 5.41) is 0. The average molecular weight is 1390 g/mol. The predicted octanol–water partition coefficient (Wildman–Crippen LogP) is 23.4. The van der Waals surface area contributed by atoms with Crippen LogP contribution < -0.4 is 0 Å². The molecule has 0 radical (unpaired) electrons. The van der Waals surface area contributed by atoms with Crippen molar-refractivity contribution in [3.63, 3.8) is 0 Å². The van der Waals surface area contributed by atoms with Gasteiger partial charge in [0, 0.05) is 78.0 Å². The molecule has 580 valence electrons. The molecule has 0 aliphatic carbocycles. The Morgan fingerprint density at radius 2 is 0.449 bits per heavy atom. The molecule has 1 fully saturated rings. The topological polar surface area (TPSA) is 118 Å². The monoisotopic (exact) mass is 1390 g/mol. The van der Waals surface area contributed by atoms with Crippen molar-refractivity contribution < 1.29 is 38.1 Å². The molecule has 0 bridgehead atoms. The molecule has 1 aliphatic heterocycles. The maximum absolute atomic E-state index is 12.7. The van der Waals surface area contributed by atoms with Gasteiger partial charge in [-0.2, -0.15) is 0 Å². The van der Waals surface area contributed by atoms with Crippen LogP contribution >= 0.6 is 0 Å². The summed E-state index contributed by atoms with van der Waals surface area (Å²) in [6.07, 6.45) is 67.6. The van der Waals surface area contributed by atoms with Gasteiger partial charge in [-0.1, -0.05) is 298 Å². The molecule has 0 aromatic heterocycles. The number of hydrogen-bond acceptors (Lipinski definition) is 12. The molecular weight excluding hydrogens is 1220 g/mol. The van der Waals surface area contributed by atoms with E-state index in [4.69, 9.17) is 18.9 Å². The first-order valence-electron chi connectivity index (χ1n) is 43.7. The van der Waals surface area contributed by atoms with Crippen LogP contribution in [0.1, 0.15) is 414 Å². The zero-order valence-corrected chi connectivity index (χ0v) is 66.5. The van der Waals surface area contributed by atoms with E-state index in [9.17, 15) is 19.2 Å². The lowest BCUT2D eigenvalue weighted by atomic mass is 9.91. The zero-order valence-electron chi connectivity index (χ0n) is 66.5. The van der Waals surface area contributed by atoms with E-state index in [2.05, 4.69) is 61.1 Å². The maximum atomic E-state index is 12.7. The van der Waals surface area contributed by atoms with Crippen molar-refractivity contribution in [2.24, 2.45) is 11.8 Å². The first kappa shape index (κ1) is 93.7. The number of unbranched alkanes of at least 4 members (excludes halogenated alkanes) is 36. The van der Waals surface area contributed by atoms with Crippen molar-refractivity contribution in [2.45, 2.75) is 414 Å². The Balaban J connectivity index is 2.69. The molecule has 12 nitrogen and oxygen atoms in total. The molecule has 0 unspecified atom stereocenters. The van der Waals surface area contributed by atoms with Gasteiger partial charge in [-0.3, -0.25) is 29.0 Å². The van der Waals surface area contributed by atoms with E-state index in [1.54, 1.807) is 0 Å². The fourth-order valence-electron chi connectivity index (χ4n) is 14.5. The van der Waals surface area contributed by atoms with Crippen LogP contribution in [-0.4, -0.2) is 148 Å². The average Bonchev–Trinajstić information content (AvgIpc) is 2.16. The number of ether oxygens (including phenoxy) is 4. The van der Waals surface area contributed by atoms with Crippen LogP contribution in [0.2, 0.25) is 0 Å². The molecule has 1 heterocycles. The first-order valence-corrected chi connectivity index (χ1v) is 43.7. The molecular formula is C86H168N4O8. The summed E-state index contributed by atoms with van der Waals surface area (Å²) in [6.45, 7) is 29.1. The Morgan fingerprint density at radius 3 is 0.724 bits per heavy atom. The lowest BCUT2D eigenvalue weighted by molar-refractivity contribution is -0.144. The van der Waals surface area contributed by atoms with Crippen molar-refractivity contribution in [3.8, 4) is 0 Å². The fraction of sp³-hybridized carbons (Fsp3) is 0.953. The van der Waals surface area contributed by atoms with Gasteiger partial charge in [-0.15, -0.1) is 0 Å². The van der Waals surface area contributed by atoms with E-state index in [1.807, 2.05) is 0 Å². The second-order valence-corrected chi connectivity index (χ2v) is 30.6. The van der Waals surface area contributed by atoms with Crippen LogP contribution in [0.15, 0.2) is 0 Å². The van der Waals surface area contributed by atoms with Crippen molar-refractivity contribution in [1.29, 1.82) is 0 Å². The van der Waals surface area contributed by atoms with E-state index in [0.29, 0.717) is 52.1 Å². The largest absolute Gasteiger partial charge is 0.466 e. The summed E-state index contributed by atoms with van der Waals surface area (Å²) in [6, 6.07) is 0. The molecule has 0 amide bonds. The summed E-state index contributed by atoms with van der Waals surface area (Å²) in [4.78, 5) is 61.4. The number of carbonyl (C=O) groups excluding carboxylic acids is 4. The molecule has 0 N–H and O–H groups in total. The number of nitrogens with zero attached hydrogens (tertiary/aromatic N) is 4. The molecule has 0 atom stereocenters. The first-order chi connectivity index (χ1) is 48.2. The fourth-order valence-corrected chi connectivity index (χ4v) is 14.5. The Bertz CT molecular complexity index is 1560. The van der Waals surface area contributed by atoms with Gasteiger partial charge in [-0.25, -0.2) is 0 Å². The number of piperazine rings is 1. The molecule has 1 rings (SSSR count). The Morgan fingerprint density at radius 1 is 0.245 bits per heavy atom. The minimum absolute atomic E-state index is 0.0116. The third kappa shape index (κ3) is 64.6. The van der Waals surface area contributed by atoms with E-state index in [1.165, 1.54) is 231 Å². The zero-order chi connectivity index (χ0) is 70.9. The smallest absolute Gasteiger partial charge is 0.305 e. The van der Waals surface area contributed by atoms with Gasteiger partial charge in [-0.05, 0) is 128 Å². The van der Waals surface area contributed by atoms with Gasteiger partial charge < -0.3 is 28.7 Å². The SMILES string of the molecule is CCCCCCCCCCCOC(=O)CCCCCN(CCCCCCCC(=O)OCCCC(CCCCC)CCCCC)CCN1CCN(CCN(CCCCCCCC(=O)OCCCC(CCCCC)CCCCC)CCCCCC(=O)OCCCCCCCCCCC)CC1. The minimum atomic E-state index is -0.0240. The van der Waals surface area contributed by atoms with Crippen molar-refractivity contribution in [3.05, 3.63) is 0 Å². The number of rotatable bonds is 78. The van der Waals surface area contributed by atoms with Crippen LogP contribution in [-0.2, 0) is 38.1 Å². The highest BCUT2D eigenvalue weighted by Crippen LogP contribution is 2.25. The highest BCUT2D eigenvalue weighted by Gasteiger charge is 2.20. The summed E-state index contributed by atoms with van der Waals surface area (Å²) in [5.74, 6) is 1.50. The van der Waals surface area contributed by atoms with Crippen molar-refractivity contribution in [1.82, 2.24) is 19.6 Å². The maximum Gasteiger partial charge on any atom is 0.305 e. The summed E-state index contributed by atoms with van der Waals surface area (Å²) < 4.78 is 22.7. The van der Waals surface area contributed by atoms with Crippen LogP contribution in [0.4, 0.5) is 0 Å². The van der Waals surface area contributed by atoms with Crippen molar-refractivity contribution in [2.75, 3.05) is 105 Å². The number of hydrogen-bond donors (Lipinski definition) is 0. The van der Waals surface area contributed by atoms with Crippen LogP contribution in [0.5, 0.6) is 0 Å². The minimum Gasteiger partial charge on any atom is -0.466 e. The van der Waals surface area contributed by atoms with Gasteiger partial charge in [0.2, 0.25) is 0 Å². The highest BCUT2D eigenvalue weighted by molar-refractivity contribution is 5.70. The Hall–Kier alpha value is -2.28. The van der Waals surface area contributed by atoms with E-state index < -0.39 is 0 Å². The van der Waals surface area contributed by atoms with Crippen molar-refractivity contribution >= 4 is 23.9 Å². The molecule has 12 heteroatoms. The van der Waals surface area contributed by atoms with Gasteiger partial charge in [0.15, 0.2) is 0 Å². The molecule has 0 saturated carbocycles. The molecule has 0 aromatic rings. The molecule has 1 saturated heterocycles. The summed E-state index contributed by atoms with van der Waals surface area (Å²) in [5.41, 5.74) is 0. The van der Waals surface area contributed by atoms with Crippen LogP contribution in [0, 0.1) is 11.8 Å². The molecule has 98 heavy (non-hydrogen) atoms. The third-order valence-electron chi connectivity index (χ3n) is 21.3.